The van der Waals surface area contributed by atoms with Crippen molar-refractivity contribution in [3.63, 3.8) is 0 Å². The Morgan fingerprint density at radius 3 is 2.66 bits per heavy atom. The third kappa shape index (κ3) is 5.77. The van der Waals surface area contributed by atoms with Crippen LogP contribution in [0.2, 0.25) is 0 Å². The summed E-state index contributed by atoms with van der Waals surface area (Å²) >= 11 is 1.21. The molecule has 29 heavy (non-hydrogen) atoms. The molecule has 0 atom stereocenters. The number of nitrogens with zero attached hydrogens (tertiary/aromatic N) is 3. The molecule has 2 heterocycles. The van der Waals surface area contributed by atoms with Gasteiger partial charge in [0.15, 0.2) is 5.69 Å². The number of hydrogen-bond donors (Lipinski definition) is 2. The van der Waals surface area contributed by atoms with Crippen LogP contribution in [0.5, 0.6) is 0 Å². The zero-order valence-corrected chi connectivity index (χ0v) is 17.5. The number of fused-ring (bicyclic) bond motifs is 1. The monoisotopic (exact) mass is 416 g/mol. The number of H-pyrrole nitrogens is 1. The first kappa shape index (κ1) is 20.8. The number of benzene rings is 1. The fraction of sp³-hybridized carbons (Fsp3) is 0.400. The van der Waals surface area contributed by atoms with Gasteiger partial charge in [0.1, 0.15) is 16.4 Å². The molecule has 0 saturated heterocycles. The first-order chi connectivity index (χ1) is 13.7. The van der Waals surface area contributed by atoms with Gasteiger partial charge in [0.05, 0.1) is 17.6 Å². The molecule has 0 aliphatic rings. The Bertz CT molecular complexity index is 972. The number of carbonyl (C=O) groups excluding carboxylic acids is 1. The van der Waals surface area contributed by atoms with Crippen LogP contribution in [-0.4, -0.2) is 49.2 Å². The molecule has 0 aliphatic carbocycles. The highest BCUT2D eigenvalue weighted by Gasteiger charge is 2.23. The summed E-state index contributed by atoms with van der Waals surface area (Å²) in [7, 11) is 0. The van der Waals surface area contributed by atoms with Gasteiger partial charge in [-0.25, -0.2) is 19.6 Å². The summed E-state index contributed by atoms with van der Waals surface area (Å²) in [6.07, 6.45) is 0.900. The number of carbonyl (C=O) groups is 2. The lowest BCUT2D eigenvalue weighted by Crippen LogP contribution is -2.37. The Morgan fingerprint density at radius 2 is 2.00 bits per heavy atom. The average Bonchev–Trinajstić information content (AvgIpc) is 3.25. The number of imidazole rings is 1. The standard InChI is InChI=1S/C20H24N4O4S/c1-20(2,3)28-19(27)24(11-17-23-15(12-29-17)18(25)26)10-6-9-16-21-13-7-4-5-8-14(13)22-16/h4-5,7-8,12H,6,9-11H2,1-3H3,(H,21,22)(H,25,26). The summed E-state index contributed by atoms with van der Waals surface area (Å²) < 4.78 is 5.50. The minimum atomic E-state index is -1.08. The van der Waals surface area contributed by atoms with E-state index in [1.54, 1.807) is 4.90 Å². The van der Waals surface area contributed by atoms with Gasteiger partial charge in [-0.3, -0.25) is 0 Å². The van der Waals surface area contributed by atoms with E-state index in [9.17, 15) is 9.59 Å². The van der Waals surface area contributed by atoms with Crippen molar-refractivity contribution in [2.24, 2.45) is 0 Å². The highest BCUT2D eigenvalue weighted by Crippen LogP contribution is 2.17. The number of hydrogen-bond acceptors (Lipinski definition) is 6. The van der Waals surface area contributed by atoms with E-state index in [0.717, 1.165) is 16.9 Å². The van der Waals surface area contributed by atoms with Crippen molar-refractivity contribution in [3.8, 4) is 0 Å². The van der Waals surface area contributed by atoms with E-state index in [1.807, 2.05) is 45.0 Å². The second-order valence-electron chi connectivity index (χ2n) is 7.64. The normalized spacial score (nSPS) is 11.6. The van der Waals surface area contributed by atoms with Crippen molar-refractivity contribution < 1.29 is 19.4 Å². The Hall–Kier alpha value is -2.94. The predicted octanol–water partition coefficient (Wildman–Crippen LogP) is 4.09. The van der Waals surface area contributed by atoms with Gasteiger partial charge in [-0.05, 0) is 39.3 Å². The second kappa shape index (κ2) is 8.60. The number of carboxylic acids is 1. The van der Waals surface area contributed by atoms with Crippen molar-refractivity contribution in [3.05, 3.63) is 46.2 Å². The summed E-state index contributed by atoms with van der Waals surface area (Å²) in [5, 5.41) is 11.1. The van der Waals surface area contributed by atoms with E-state index >= 15 is 0 Å². The molecule has 0 saturated carbocycles. The maximum Gasteiger partial charge on any atom is 0.410 e. The van der Waals surface area contributed by atoms with Crippen LogP contribution in [0.15, 0.2) is 29.6 Å². The molecule has 2 N–H and O–H groups in total. The number of aromatic amines is 1. The van der Waals surface area contributed by atoms with E-state index in [0.29, 0.717) is 24.4 Å². The van der Waals surface area contributed by atoms with E-state index in [1.165, 1.54) is 16.7 Å². The lowest BCUT2D eigenvalue weighted by molar-refractivity contribution is 0.0231. The number of thiazole rings is 1. The molecular weight excluding hydrogens is 392 g/mol. The van der Waals surface area contributed by atoms with Gasteiger partial charge in [0, 0.05) is 18.3 Å². The number of ether oxygens (including phenoxy) is 1. The van der Waals surface area contributed by atoms with Crippen LogP contribution >= 0.6 is 11.3 Å². The molecule has 0 spiro atoms. The third-order valence-corrected chi connectivity index (χ3v) is 4.86. The first-order valence-electron chi connectivity index (χ1n) is 9.30. The SMILES string of the molecule is CC(C)(C)OC(=O)N(CCCc1nc2ccccc2[nH]1)Cc1nc(C(=O)O)cs1. The van der Waals surface area contributed by atoms with Crippen LogP contribution in [0.25, 0.3) is 11.0 Å². The van der Waals surface area contributed by atoms with Crippen molar-refractivity contribution in [1.29, 1.82) is 0 Å². The molecule has 0 fully saturated rings. The van der Waals surface area contributed by atoms with Gasteiger partial charge in [-0.2, -0.15) is 0 Å². The van der Waals surface area contributed by atoms with Crippen LogP contribution in [0.4, 0.5) is 4.79 Å². The van der Waals surface area contributed by atoms with E-state index in [4.69, 9.17) is 9.84 Å². The van der Waals surface area contributed by atoms with Crippen molar-refractivity contribution in [2.45, 2.75) is 45.8 Å². The quantitative estimate of drug-likeness (QED) is 0.601. The number of para-hydroxylation sites is 2. The van der Waals surface area contributed by atoms with Gasteiger partial charge in [0.2, 0.25) is 0 Å². The van der Waals surface area contributed by atoms with Gasteiger partial charge in [0.25, 0.3) is 0 Å². The van der Waals surface area contributed by atoms with Gasteiger partial charge < -0.3 is 19.7 Å². The number of rotatable bonds is 7. The molecule has 0 aliphatic heterocycles. The van der Waals surface area contributed by atoms with Gasteiger partial charge >= 0.3 is 12.1 Å². The molecule has 154 valence electrons. The first-order valence-corrected chi connectivity index (χ1v) is 10.2. The molecule has 2 aromatic heterocycles. The number of amides is 1. The van der Waals surface area contributed by atoms with Crippen LogP contribution < -0.4 is 0 Å². The highest BCUT2D eigenvalue weighted by atomic mass is 32.1. The van der Waals surface area contributed by atoms with E-state index < -0.39 is 17.7 Å². The molecule has 0 radical (unpaired) electrons. The van der Waals surface area contributed by atoms with Crippen LogP contribution in [0.1, 0.15) is 48.5 Å². The summed E-state index contributed by atoms with van der Waals surface area (Å²) in [6, 6.07) is 7.82. The topological polar surface area (TPSA) is 108 Å². The Labute approximate surface area is 172 Å². The zero-order valence-electron chi connectivity index (χ0n) is 16.6. The summed E-state index contributed by atoms with van der Waals surface area (Å²) in [4.78, 5) is 37.1. The van der Waals surface area contributed by atoms with Crippen molar-refractivity contribution >= 4 is 34.4 Å². The smallest absolute Gasteiger partial charge is 0.410 e. The molecule has 1 amide bonds. The number of aromatic nitrogens is 3. The van der Waals surface area contributed by atoms with Crippen LogP contribution in [0, 0.1) is 0 Å². The van der Waals surface area contributed by atoms with Crippen molar-refractivity contribution in [2.75, 3.05) is 6.54 Å². The van der Waals surface area contributed by atoms with Crippen LogP contribution in [-0.2, 0) is 17.7 Å². The van der Waals surface area contributed by atoms with Crippen molar-refractivity contribution in [1.82, 2.24) is 19.9 Å². The Kier molecular flexibility index (Phi) is 6.17. The summed E-state index contributed by atoms with van der Waals surface area (Å²) in [5.41, 5.74) is 1.26. The van der Waals surface area contributed by atoms with Gasteiger partial charge in [-0.1, -0.05) is 12.1 Å². The molecular formula is C20H24N4O4S. The molecule has 0 unspecified atom stereocenters. The number of carboxylic acid groups (broad SMARTS) is 1. The highest BCUT2D eigenvalue weighted by molar-refractivity contribution is 7.09. The molecule has 0 bridgehead atoms. The third-order valence-electron chi connectivity index (χ3n) is 4.03. The lowest BCUT2D eigenvalue weighted by Gasteiger charge is -2.26. The largest absolute Gasteiger partial charge is 0.476 e. The molecule has 9 heteroatoms. The lowest BCUT2D eigenvalue weighted by atomic mass is 10.2. The zero-order chi connectivity index (χ0) is 21.0. The Balaban J connectivity index is 1.66. The van der Waals surface area contributed by atoms with E-state index in [-0.39, 0.29) is 12.2 Å². The summed E-state index contributed by atoms with van der Waals surface area (Å²) in [5.74, 6) is -0.223. The molecule has 3 rings (SSSR count). The maximum absolute atomic E-state index is 12.6. The maximum atomic E-state index is 12.6. The minimum Gasteiger partial charge on any atom is -0.476 e. The Morgan fingerprint density at radius 1 is 1.24 bits per heavy atom. The summed E-state index contributed by atoms with van der Waals surface area (Å²) in [6.45, 7) is 6.07. The average molecular weight is 417 g/mol. The fourth-order valence-electron chi connectivity index (χ4n) is 2.77. The van der Waals surface area contributed by atoms with Crippen LogP contribution in [0.3, 0.4) is 0 Å². The molecule has 8 nitrogen and oxygen atoms in total. The minimum absolute atomic E-state index is 0.0172. The molecule has 3 aromatic rings. The number of aryl methyl sites for hydroxylation is 1. The second-order valence-corrected chi connectivity index (χ2v) is 8.58. The number of aromatic carboxylic acids is 1. The number of nitrogens with one attached hydrogen (secondary N) is 1. The molecule has 1 aromatic carbocycles. The van der Waals surface area contributed by atoms with Gasteiger partial charge in [-0.15, -0.1) is 11.3 Å². The predicted molar refractivity (Wildman–Crippen MR) is 110 cm³/mol. The van der Waals surface area contributed by atoms with E-state index in [2.05, 4.69) is 15.0 Å². The fourth-order valence-corrected chi connectivity index (χ4v) is 3.55.